The van der Waals surface area contributed by atoms with Crippen molar-refractivity contribution in [1.82, 2.24) is 15.5 Å². The summed E-state index contributed by atoms with van der Waals surface area (Å²) < 4.78 is 5.30. The van der Waals surface area contributed by atoms with Crippen molar-refractivity contribution < 1.29 is 9.32 Å². The summed E-state index contributed by atoms with van der Waals surface area (Å²) in [6.07, 6.45) is 2.25. The van der Waals surface area contributed by atoms with E-state index in [1.165, 1.54) is 0 Å². The van der Waals surface area contributed by atoms with E-state index in [4.69, 9.17) is 10.3 Å². The van der Waals surface area contributed by atoms with E-state index in [-0.39, 0.29) is 23.8 Å². The van der Waals surface area contributed by atoms with Crippen molar-refractivity contribution in [3.05, 3.63) is 11.7 Å². The minimum absolute atomic E-state index is 0.0765. The number of hydrogen-bond acceptors (Lipinski definition) is 5. The highest BCUT2D eigenvalue weighted by Crippen LogP contribution is 2.38. The number of carbonyl (C=O) groups is 1. The van der Waals surface area contributed by atoms with Crippen molar-refractivity contribution >= 4 is 5.91 Å². The molecular weight excluding hydrogens is 244 g/mol. The summed E-state index contributed by atoms with van der Waals surface area (Å²) in [5.74, 6) is 1.60. The highest BCUT2D eigenvalue weighted by molar-refractivity contribution is 5.78. The molecule has 0 spiro atoms. The van der Waals surface area contributed by atoms with Crippen molar-refractivity contribution in [2.24, 2.45) is 17.6 Å². The summed E-state index contributed by atoms with van der Waals surface area (Å²) in [4.78, 5) is 16.3. The van der Waals surface area contributed by atoms with Gasteiger partial charge >= 0.3 is 0 Å². The van der Waals surface area contributed by atoms with Gasteiger partial charge in [0.15, 0.2) is 5.82 Å². The van der Waals surface area contributed by atoms with Crippen LogP contribution in [0.1, 0.15) is 57.3 Å². The average molecular weight is 266 g/mol. The molecule has 2 rings (SSSR count). The van der Waals surface area contributed by atoms with Crippen molar-refractivity contribution in [2.75, 3.05) is 6.54 Å². The zero-order valence-corrected chi connectivity index (χ0v) is 11.7. The Morgan fingerprint density at radius 3 is 2.68 bits per heavy atom. The lowest BCUT2D eigenvalue weighted by Gasteiger charge is -2.20. The second-order valence-electron chi connectivity index (χ2n) is 5.63. The molecule has 1 saturated carbocycles. The first kappa shape index (κ1) is 14.0. The van der Waals surface area contributed by atoms with Crippen LogP contribution in [0.5, 0.6) is 0 Å². The molecule has 106 valence electrons. The molecule has 1 fully saturated rings. The van der Waals surface area contributed by atoms with Gasteiger partial charge in [-0.05, 0) is 18.8 Å². The van der Waals surface area contributed by atoms with E-state index in [9.17, 15) is 4.79 Å². The monoisotopic (exact) mass is 266 g/mol. The maximum Gasteiger partial charge on any atom is 0.249 e. The van der Waals surface area contributed by atoms with Gasteiger partial charge in [0.25, 0.3) is 0 Å². The van der Waals surface area contributed by atoms with Gasteiger partial charge in [-0.25, -0.2) is 0 Å². The molecular formula is C13H22N4O2. The van der Waals surface area contributed by atoms with Crippen LogP contribution in [0.3, 0.4) is 0 Å². The number of aromatic nitrogens is 2. The Labute approximate surface area is 113 Å². The highest BCUT2D eigenvalue weighted by Gasteiger charge is 2.31. The molecule has 3 N–H and O–H groups in total. The summed E-state index contributed by atoms with van der Waals surface area (Å²) in [5, 5.41) is 6.93. The molecule has 6 heteroatoms. The van der Waals surface area contributed by atoms with Crippen LogP contribution in [-0.2, 0) is 4.79 Å². The van der Waals surface area contributed by atoms with Crippen LogP contribution < -0.4 is 11.1 Å². The SMILES string of the molecule is CC(CN)C(=O)NC(c1nc(C2CC2)no1)C(C)C. The van der Waals surface area contributed by atoms with Crippen LogP contribution in [0.2, 0.25) is 0 Å². The van der Waals surface area contributed by atoms with Gasteiger partial charge < -0.3 is 15.6 Å². The predicted octanol–water partition coefficient (Wildman–Crippen LogP) is 1.36. The minimum atomic E-state index is -0.249. The van der Waals surface area contributed by atoms with Crippen molar-refractivity contribution in [2.45, 2.75) is 45.6 Å². The van der Waals surface area contributed by atoms with Gasteiger partial charge in [0.1, 0.15) is 6.04 Å². The van der Waals surface area contributed by atoms with Crippen LogP contribution in [-0.4, -0.2) is 22.6 Å². The molecule has 2 unspecified atom stereocenters. The Morgan fingerprint density at radius 2 is 2.16 bits per heavy atom. The third-order valence-electron chi connectivity index (χ3n) is 3.43. The van der Waals surface area contributed by atoms with Crippen molar-refractivity contribution in [3.63, 3.8) is 0 Å². The molecule has 19 heavy (non-hydrogen) atoms. The van der Waals surface area contributed by atoms with Gasteiger partial charge in [-0.15, -0.1) is 0 Å². The number of hydrogen-bond donors (Lipinski definition) is 2. The van der Waals surface area contributed by atoms with E-state index >= 15 is 0 Å². The Hall–Kier alpha value is -1.43. The summed E-state index contributed by atoms with van der Waals surface area (Å²) in [6.45, 7) is 6.15. The van der Waals surface area contributed by atoms with Gasteiger partial charge in [0, 0.05) is 18.4 Å². The Bertz CT molecular complexity index is 440. The van der Waals surface area contributed by atoms with Crippen LogP contribution in [0.15, 0.2) is 4.52 Å². The van der Waals surface area contributed by atoms with E-state index in [2.05, 4.69) is 15.5 Å². The van der Waals surface area contributed by atoms with Crippen LogP contribution in [0, 0.1) is 11.8 Å². The summed E-state index contributed by atoms with van der Waals surface area (Å²) >= 11 is 0. The zero-order chi connectivity index (χ0) is 14.0. The second-order valence-corrected chi connectivity index (χ2v) is 5.63. The first-order valence-electron chi connectivity index (χ1n) is 6.86. The van der Waals surface area contributed by atoms with Gasteiger partial charge in [-0.1, -0.05) is 25.9 Å². The fourth-order valence-corrected chi connectivity index (χ4v) is 1.80. The molecule has 2 atom stereocenters. The molecule has 1 aliphatic rings. The minimum Gasteiger partial charge on any atom is -0.344 e. The third kappa shape index (κ3) is 3.32. The molecule has 1 heterocycles. The fourth-order valence-electron chi connectivity index (χ4n) is 1.80. The van der Waals surface area contributed by atoms with Gasteiger partial charge in [-0.3, -0.25) is 4.79 Å². The number of nitrogens with one attached hydrogen (secondary N) is 1. The predicted molar refractivity (Wildman–Crippen MR) is 70.2 cm³/mol. The zero-order valence-electron chi connectivity index (χ0n) is 11.7. The molecule has 0 radical (unpaired) electrons. The smallest absolute Gasteiger partial charge is 0.249 e. The van der Waals surface area contributed by atoms with E-state index in [1.807, 2.05) is 13.8 Å². The first-order valence-corrected chi connectivity index (χ1v) is 6.86. The quantitative estimate of drug-likeness (QED) is 0.810. The van der Waals surface area contributed by atoms with Gasteiger partial charge in [-0.2, -0.15) is 4.98 Å². The van der Waals surface area contributed by atoms with Gasteiger partial charge in [0.2, 0.25) is 11.8 Å². The number of nitrogens with two attached hydrogens (primary N) is 1. The molecule has 1 aliphatic carbocycles. The van der Waals surface area contributed by atoms with E-state index in [0.29, 0.717) is 18.4 Å². The lowest BCUT2D eigenvalue weighted by atomic mass is 10.0. The summed E-state index contributed by atoms with van der Waals surface area (Å²) in [5.41, 5.74) is 5.50. The number of carbonyl (C=O) groups excluding carboxylic acids is 1. The highest BCUT2D eigenvalue weighted by atomic mass is 16.5. The van der Waals surface area contributed by atoms with Crippen LogP contribution in [0.4, 0.5) is 0 Å². The maximum atomic E-state index is 11.9. The number of nitrogens with zero attached hydrogens (tertiary/aromatic N) is 2. The Morgan fingerprint density at radius 1 is 1.47 bits per heavy atom. The molecule has 6 nitrogen and oxygen atoms in total. The molecule has 1 aromatic heterocycles. The average Bonchev–Trinajstić information content (AvgIpc) is 3.13. The van der Waals surface area contributed by atoms with E-state index in [1.54, 1.807) is 6.92 Å². The van der Waals surface area contributed by atoms with E-state index < -0.39 is 0 Å². The van der Waals surface area contributed by atoms with Crippen molar-refractivity contribution in [3.8, 4) is 0 Å². The Kier molecular flexibility index (Phi) is 4.19. The van der Waals surface area contributed by atoms with E-state index in [0.717, 1.165) is 18.7 Å². The lowest BCUT2D eigenvalue weighted by molar-refractivity contribution is -0.125. The largest absolute Gasteiger partial charge is 0.344 e. The second kappa shape index (κ2) is 5.69. The summed E-state index contributed by atoms with van der Waals surface area (Å²) in [7, 11) is 0. The summed E-state index contributed by atoms with van der Waals surface area (Å²) in [6, 6.07) is -0.249. The topological polar surface area (TPSA) is 94.0 Å². The van der Waals surface area contributed by atoms with Crippen LogP contribution >= 0.6 is 0 Å². The van der Waals surface area contributed by atoms with Crippen molar-refractivity contribution in [1.29, 1.82) is 0 Å². The maximum absolute atomic E-state index is 11.9. The molecule has 1 amide bonds. The lowest BCUT2D eigenvalue weighted by Crippen LogP contribution is -2.38. The number of rotatable bonds is 6. The fraction of sp³-hybridized carbons (Fsp3) is 0.769. The standard InChI is InChI=1S/C13H22N4O2/c1-7(2)10(15-12(18)8(3)6-14)13-16-11(17-19-13)9-4-5-9/h7-10H,4-6,14H2,1-3H3,(H,15,18). The number of amides is 1. The van der Waals surface area contributed by atoms with Gasteiger partial charge in [0.05, 0.1) is 0 Å². The van der Waals surface area contributed by atoms with Crippen LogP contribution in [0.25, 0.3) is 0 Å². The molecule has 0 saturated heterocycles. The molecule has 0 bridgehead atoms. The molecule has 0 aromatic carbocycles. The molecule has 0 aliphatic heterocycles. The molecule has 1 aromatic rings. The third-order valence-corrected chi connectivity index (χ3v) is 3.43. The Balaban J connectivity index is 2.07. The first-order chi connectivity index (χ1) is 9.02. The normalized spacial score (nSPS) is 18.4.